The third-order valence-electron chi connectivity index (χ3n) is 5.82. The fourth-order valence-electron chi connectivity index (χ4n) is 4.31. The highest BCUT2D eigenvalue weighted by molar-refractivity contribution is 5.83. The Morgan fingerprint density at radius 2 is 1.84 bits per heavy atom. The molecule has 1 aromatic carbocycles. The Hall–Kier alpha value is -2.16. The molecule has 2 aliphatic rings. The number of hydrogen-bond acceptors (Lipinski definition) is 2. The molecule has 4 rings (SSSR count). The molecule has 3 unspecified atom stereocenters. The number of aromatic nitrogens is 1. The standard InChI is InChI=1S/C22H26N2O/c25-22(20-14-19(20)18-12-7-13-23-15-18)24-21(16-8-3-1-4-9-16)17-10-5-2-6-11-17/h1,3-4,7-9,12-13,15,17,19-21H,2,5-6,10-11,14H2,(H,24,25). The van der Waals surface area contributed by atoms with E-state index in [1.807, 2.05) is 18.3 Å². The molecule has 1 N–H and O–H groups in total. The molecule has 3 nitrogen and oxygen atoms in total. The predicted molar refractivity (Wildman–Crippen MR) is 99.0 cm³/mol. The molecule has 1 heterocycles. The van der Waals surface area contributed by atoms with Gasteiger partial charge in [-0.2, -0.15) is 0 Å². The zero-order valence-corrected chi connectivity index (χ0v) is 14.6. The number of nitrogens with zero attached hydrogens (tertiary/aromatic N) is 1. The molecule has 3 atom stereocenters. The summed E-state index contributed by atoms with van der Waals surface area (Å²) in [5.74, 6) is 1.24. The van der Waals surface area contributed by atoms with Crippen molar-refractivity contribution < 1.29 is 4.79 Å². The van der Waals surface area contributed by atoms with Crippen molar-refractivity contribution in [1.82, 2.24) is 10.3 Å². The molecule has 2 aliphatic carbocycles. The highest BCUT2D eigenvalue weighted by atomic mass is 16.2. The molecule has 2 aromatic rings. The van der Waals surface area contributed by atoms with E-state index < -0.39 is 0 Å². The first-order valence-corrected chi connectivity index (χ1v) is 9.58. The molecule has 2 saturated carbocycles. The minimum Gasteiger partial charge on any atom is -0.349 e. The number of carbonyl (C=O) groups excluding carboxylic acids is 1. The van der Waals surface area contributed by atoms with Gasteiger partial charge in [0.05, 0.1) is 6.04 Å². The van der Waals surface area contributed by atoms with Crippen molar-refractivity contribution in [1.29, 1.82) is 0 Å². The lowest BCUT2D eigenvalue weighted by Gasteiger charge is -2.31. The maximum absolute atomic E-state index is 12.9. The lowest BCUT2D eigenvalue weighted by Crippen LogP contribution is -2.35. The van der Waals surface area contributed by atoms with E-state index in [0.29, 0.717) is 11.8 Å². The number of benzene rings is 1. The first-order chi connectivity index (χ1) is 12.3. The van der Waals surface area contributed by atoms with E-state index in [-0.39, 0.29) is 17.9 Å². The van der Waals surface area contributed by atoms with Crippen LogP contribution in [0.3, 0.4) is 0 Å². The van der Waals surface area contributed by atoms with Gasteiger partial charge >= 0.3 is 0 Å². The summed E-state index contributed by atoms with van der Waals surface area (Å²) in [6.45, 7) is 0. The van der Waals surface area contributed by atoms with Crippen molar-refractivity contribution in [2.45, 2.75) is 50.5 Å². The van der Waals surface area contributed by atoms with Gasteiger partial charge in [0.15, 0.2) is 0 Å². The van der Waals surface area contributed by atoms with Crippen molar-refractivity contribution in [3.05, 3.63) is 66.0 Å². The molecule has 25 heavy (non-hydrogen) atoms. The molecule has 0 radical (unpaired) electrons. The topological polar surface area (TPSA) is 42.0 Å². The van der Waals surface area contributed by atoms with Crippen LogP contribution in [-0.2, 0) is 4.79 Å². The van der Waals surface area contributed by atoms with Gasteiger partial charge < -0.3 is 5.32 Å². The quantitative estimate of drug-likeness (QED) is 0.866. The van der Waals surface area contributed by atoms with Gasteiger partial charge in [0.1, 0.15) is 0 Å². The van der Waals surface area contributed by atoms with Gasteiger partial charge in [-0.3, -0.25) is 9.78 Å². The Bertz CT molecular complexity index is 694. The third-order valence-corrected chi connectivity index (χ3v) is 5.82. The third kappa shape index (κ3) is 3.76. The van der Waals surface area contributed by atoms with Crippen LogP contribution in [0.4, 0.5) is 0 Å². The summed E-state index contributed by atoms with van der Waals surface area (Å²) in [5, 5.41) is 3.41. The minimum atomic E-state index is 0.110. The Balaban J connectivity index is 1.46. The Morgan fingerprint density at radius 3 is 2.56 bits per heavy atom. The number of carbonyl (C=O) groups is 1. The number of hydrogen-bond donors (Lipinski definition) is 1. The van der Waals surface area contributed by atoms with Crippen molar-refractivity contribution in [2.24, 2.45) is 11.8 Å². The molecule has 0 aliphatic heterocycles. The van der Waals surface area contributed by atoms with E-state index in [9.17, 15) is 4.79 Å². The Morgan fingerprint density at radius 1 is 1.04 bits per heavy atom. The predicted octanol–water partition coefficient (Wildman–Crippen LogP) is 4.62. The van der Waals surface area contributed by atoms with Crippen LogP contribution in [-0.4, -0.2) is 10.9 Å². The van der Waals surface area contributed by atoms with Crippen molar-refractivity contribution in [2.75, 3.05) is 0 Å². The Labute approximate surface area is 149 Å². The van der Waals surface area contributed by atoms with Crippen LogP contribution in [0.1, 0.15) is 61.6 Å². The second-order valence-corrected chi connectivity index (χ2v) is 7.53. The number of rotatable bonds is 5. The normalized spacial score (nSPS) is 24.5. The van der Waals surface area contributed by atoms with Crippen molar-refractivity contribution >= 4 is 5.91 Å². The van der Waals surface area contributed by atoms with Gasteiger partial charge in [0.25, 0.3) is 0 Å². The number of amides is 1. The average molecular weight is 334 g/mol. The largest absolute Gasteiger partial charge is 0.349 e. The van der Waals surface area contributed by atoms with Crippen molar-refractivity contribution in [3.63, 3.8) is 0 Å². The molecule has 1 aromatic heterocycles. The van der Waals surface area contributed by atoms with Gasteiger partial charge in [0, 0.05) is 18.3 Å². The summed E-state index contributed by atoms with van der Waals surface area (Å²) < 4.78 is 0. The van der Waals surface area contributed by atoms with Crippen LogP contribution < -0.4 is 5.32 Å². The molecule has 2 fully saturated rings. The fourth-order valence-corrected chi connectivity index (χ4v) is 4.31. The molecule has 0 spiro atoms. The first kappa shape index (κ1) is 16.3. The van der Waals surface area contributed by atoms with E-state index in [1.165, 1.54) is 43.2 Å². The summed E-state index contributed by atoms with van der Waals surface area (Å²) in [7, 11) is 0. The maximum Gasteiger partial charge on any atom is 0.224 e. The zero-order valence-electron chi connectivity index (χ0n) is 14.6. The maximum atomic E-state index is 12.9. The van der Waals surface area contributed by atoms with Crippen LogP contribution in [0.25, 0.3) is 0 Å². The highest BCUT2D eigenvalue weighted by Crippen LogP contribution is 2.48. The average Bonchev–Trinajstić information content (AvgIpc) is 3.49. The van der Waals surface area contributed by atoms with E-state index in [1.54, 1.807) is 6.20 Å². The van der Waals surface area contributed by atoms with Gasteiger partial charge in [-0.15, -0.1) is 0 Å². The molecule has 1 amide bonds. The number of nitrogens with one attached hydrogen (secondary N) is 1. The second kappa shape index (κ2) is 7.38. The summed E-state index contributed by atoms with van der Waals surface area (Å²) >= 11 is 0. The van der Waals surface area contributed by atoms with E-state index in [4.69, 9.17) is 0 Å². The van der Waals surface area contributed by atoms with Crippen LogP contribution in [0.2, 0.25) is 0 Å². The lowest BCUT2D eigenvalue weighted by atomic mass is 9.81. The summed E-state index contributed by atoms with van der Waals surface area (Å²) in [6.07, 6.45) is 11.0. The van der Waals surface area contributed by atoms with Gasteiger partial charge in [0.2, 0.25) is 5.91 Å². The monoisotopic (exact) mass is 334 g/mol. The molecule has 130 valence electrons. The van der Waals surface area contributed by atoms with E-state index in [0.717, 1.165) is 6.42 Å². The fraction of sp³-hybridized carbons (Fsp3) is 0.455. The van der Waals surface area contributed by atoms with Crippen LogP contribution >= 0.6 is 0 Å². The van der Waals surface area contributed by atoms with Gasteiger partial charge in [-0.25, -0.2) is 0 Å². The van der Waals surface area contributed by atoms with E-state index >= 15 is 0 Å². The zero-order chi connectivity index (χ0) is 17.1. The molecule has 3 heteroatoms. The lowest BCUT2D eigenvalue weighted by molar-refractivity contribution is -0.123. The van der Waals surface area contributed by atoms with Crippen molar-refractivity contribution in [3.8, 4) is 0 Å². The minimum absolute atomic E-state index is 0.110. The molecular weight excluding hydrogens is 308 g/mol. The van der Waals surface area contributed by atoms with Crippen LogP contribution in [0.15, 0.2) is 54.9 Å². The first-order valence-electron chi connectivity index (χ1n) is 9.58. The van der Waals surface area contributed by atoms with Crippen LogP contribution in [0.5, 0.6) is 0 Å². The molecule has 0 saturated heterocycles. The Kier molecular flexibility index (Phi) is 4.82. The van der Waals surface area contributed by atoms with Gasteiger partial charge in [-0.05, 0) is 48.3 Å². The van der Waals surface area contributed by atoms with Gasteiger partial charge in [-0.1, -0.05) is 55.7 Å². The number of pyridine rings is 1. The summed E-state index contributed by atoms with van der Waals surface area (Å²) in [4.78, 5) is 17.1. The summed E-state index contributed by atoms with van der Waals surface area (Å²) in [6, 6.07) is 14.7. The molecule has 0 bridgehead atoms. The van der Waals surface area contributed by atoms with Crippen LogP contribution in [0, 0.1) is 11.8 Å². The highest BCUT2D eigenvalue weighted by Gasteiger charge is 2.45. The summed E-state index contributed by atoms with van der Waals surface area (Å²) in [5.41, 5.74) is 2.44. The smallest absolute Gasteiger partial charge is 0.224 e. The van der Waals surface area contributed by atoms with E-state index in [2.05, 4.69) is 40.6 Å². The SMILES string of the molecule is O=C(NC(c1ccccc1)C1CCCCC1)C1CC1c1cccnc1. The molecular formula is C22H26N2O. The second-order valence-electron chi connectivity index (χ2n) is 7.53.